The van der Waals surface area contributed by atoms with E-state index < -0.39 is 6.43 Å². The lowest BCUT2D eigenvalue weighted by atomic mass is 10.1. The smallest absolute Gasteiger partial charge is 0.255 e. The number of alkyl halides is 2. The molecule has 0 atom stereocenters. The van der Waals surface area contributed by atoms with Crippen LogP contribution in [0, 0.1) is 13.8 Å². The second-order valence-electron chi connectivity index (χ2n) is 3.02. The molecular weight excluding hydrogens is 172 g/mol. The van der Waals surface area contributed by atoms with Gasteiger partial charge >= 0.3 is 0 Å². The number of anilines is 1. The van der Waals surface area contributed by atoms with Gasteiger partial charge in [-0.15, -0.1) is 0 Å². The van der Waals surface area contributed by atoms with Crippen LogP contribution in [0.1, 0.15) is 11.1 Å². The second-order valence-corrected chi connectivity index (χ2v) is 3.02. The average molecular weight is 185 g/mol. The zero-order valence-corrected chi connectivity index (χ0v) is 7.77. The highest BCUT2D eigenvalue weighted by atomic mass is 19.3. The highest BCUT2D eigenvalue weighted by molar-refractivity contribution is 5.53. The van der Waals surface area contributed by atoms with Crippen molar-refractivity contribution < 1.29 is 8.78 Å². The molecular formula is C10H13F2N. The Morgan fingerprint density at radius 3 is 2.62 bits per heavy atom. The van der Waals surface area contributed by atoms with Crippen LogP contribution < -0.4 is 5.32 Å². The van der Waals surface area contributed by atoms with Crippen LogP contribution in [0.4, 0.5) is 14.5 Å². The highest BCUT2D eigenvalue weighted by Gasteiger charge is 2.04. The van der Waals surface area contributed by atoms with Crippen molar-refractivity contribution in [3.63, 3.8) is 0 Å². The molecule has 1 aromatic carbocycles. The predicted molar refractivity (Wildman–Crippen MR) is 50.4 cm³/mol. The average Bonchev–Trinajstić information content (AvgIpc) is 2.07. The second kappa shape index (κ2) is 4.21. The van der Waals surface area contributed by atoms with Crippen LogP contribution in [-0.4, -0.2) is 13.0 Å². The Bertz CT molecular complexity index is 284. The van der Waals surface area contributed by atoms with Crippen LogP contribution in [0.15, 0.2) is 18.2 Å². The van der Waals surface area contributed by atoms with Crippen molar-refractivity contribution in [2.24, 2.45) is 0 Å². The van der Waals surface area contributed by atoms with Crippen LogP contribution in [0.2, 0.25) is 0 Å². The first kappa shape index (κ1) is 9.96. The number of rotatable bonds is 3. The molecule has 0 aromatic heterocycles. The van der Waals surface area contributed by atoms with E-state index in [0.29, 0.717) is 0 Å². The molecule has 1 rings (SSSR count). The van der Waals surface area contributed by atoms with Gasteiger partial charge in [-0.1, -0.05) is 12.1 Å². The largest absolute Gasteiger partial charge is 0.379 e. The minimum absolute atomic E-state index is 0.287. The third kappa shape index (κ3) is 2.68. The van der Waals surface area contributed by atoms with E-state index in [1.807, 2.05) is 32.0 Å². The van der Waals surface area contributed by atoms with Crippen LogP contribution in [0.25, 0.3) is 0 Å². The molecule has 0 saturated heterocycles. The summed E-state index contributed by atoms with van der Waals surface area (Å²) >= 11 is 0. The molecule has 1 aromatic rings. The number of hydrogen-bond acceptors (Lipinski definition) is 1. The Labute approximate surface area is 76.8 Å². The fourth-order valence-electron chi connectivity index (χ4n) is 1.13. The molecule has 3 heteroatoms. The zero-order chi connectivity index (χ0) is 9.84. The van der Waals surface area contributed by atoms with Crippen molar-refractivity contribution >= 4 is 5.69 Å². The van der Waals surface area contributed by atoms with Gasteiger partial charge in [0.25, 0.3) is 6.43 Å². The normalized spacial score (nSPS) is 10.5. The molecule has 0 heterocycles. The molecule has 0 aliphatic rings. The summed E-state index contributed by atoms with van der Waals surface area (Å²) in [4.78, 5) is 0. The summed E-state index contributed by atoms with van der Waals surface area (Å²) in [6.45, 7) is 3.59. The molecule has 0 aliphatic heterocycles. The molecule has 0 bridgehead atoms. The Kier molecular flexibility index (Phi) is 3.23. The number of nitrogens with one attached hydrogen (secondary N) is 1. The molecule has 0 amide bonds. The molecule has 0 unspecified atom stereocenters. The maximum Gasteiger partial charge on any atom is 0.255 e. The quantitative estimate of drug-likeness (QED) is 0.763. The van der Waals surface area contributed by atoms with Crippen molar-refractivity contribution in [3.05, 3.63) is 29.3 Å². The Hall–Kier alpha value is -1.12. The lowest BCUT2D eigenvalue weighted by Gasteiger charge is -2.10. The third-order valence-electron chi connectivity index (χ3n) is 2.05. The topological polar surface area (TPSA) is 12.0 Å². The first-order valence-electron chi connectivity index (χ1n) is 4.19. The van der Waals surface area contributed by atoms with Crippen molar-refractivity contribution in [3.8, 4) is 0 Å². The van der Waals surface area contributed by atoms with Gasteiger partial charge in [-0.25, -0.2) is 8.78 Å². The fraction of sp³-hybridized carbons (Fsp3) is 0.400. The maximum atomic E-state index is 11.9. The lowest BCUT2D eigenvalue weighted by molar-refractivity contribution is 0.163. The molecule has 0 radical (unpaired) electrons. The summed E-state index contributed by atoms with van der Waals surface area (Å²) in [6, 6.07) is 5.63. The number of hydrogen-bond donors (Lipinski definition) is 1. The first-order valence-corrected chi connectivity index (χ1v) is 4.19. The van der Waals surface area contributed by atoms with Crippen molar-refractivity contribution in [1.29, 1.82) is 0 Å². The van der Waals surface area contributed by atoms with Crippen molar-refractivity contribution in [2.75, 3.05) is 11.9 Å². The van der Waals surface area contributed by atoms with E-state index in [1.54, 1.807) is 0 Å². The van der Waals surface area contributed by atoms with E-state index in [2.05, 4.69) is 5.32 Å². The van der Waals surface area contributed by atoms with Crippen molar-refractivity contribution in [1.82, 2.24) is 0 Å². The SMILES string of the molecule is Cc1cccc(NCC(F)F)c1C. The van der Waals surface area contributed by atoms with Crippen LogP contribution >= 0.6 is 0 Å². The molecule has 0 fully saturated rings. The zero-order valence-electron chi connectivity index (χ0n) is 7.77. The third-order valence-corrected chi connectivity index (χ3v) is 2.05. The van der Waals surface area contributed by atoms with Gasteiger partial charge in [-0.2, -0.15) is 0 Å². The monoisotopic (exact) mass is 185 g/mol. The fourth-order valence-corrected chi connectivity index (χ4v) is 1.13. The summed E-state index contributed by atoms with van der Waals surface area (Å²) in [5, 5.41) is 2.70. The minimum Gasteiger partial charge on any atom is -0.379 e. The van der Waals surface area contributed by atoms with Gasteiger partial charge < -0.3 is 5.32 Å². The van der Waals surface area contributed by atoms with Gasteiger partial charge in [0.05, 0.1) is 6.54 Å². The summed E-state index contributed by atoms with van der Waals surface area (Å²) in [5.74, 6) is 0. The van der Waals surface area contributed by atoms with Gasteiger partial charge in [0.2, 0.25) is 0 Å². The molecule has 0 aliphatic carbocycles. The van der Waals surface area contributed by atoms with Crippen molar-refractivity contribution in [2.45, 2.75) is 20.3 Å². The number of halogens is 2. The molecule has 1 nitrogen and oxygen atoms in total. The van der Waals surface area contributed by atoms with Gasteiger partial charge in [0.1, 0.15) is 0 Å². The van der Waals surface area contributed by atoms with E-state index in [-0.39, 0.29) is 6.54 Å². The standard InChI is InChI=1S/C10H13F2N/c1-7-4-3-5-9(8(7)2)13-6-10(11)12/h3-5,10,13H,6H2,1-2H3. The molecule has 0 saturated carbocycles. The summed E-state index contributed by atoms with van der Waals surface area (Å²) < 4.78 is 23.8. The van der Waals surface area contributed by atoms with Gasteiger partial charge in [-0.3, -0.25) is 0 Å². The van der Waals surface area contributed by atoms with E-state index in [1.165, 1.54) is 0 Å². The van der Waals surface area contributed by atoms with E-state index >= 15 is 0 Å². The summed E-state index contributed by atoms with van der Waals surface area (Å²) in [6.07, 6.45) is -2.31. The van der Waals surface area contributed by atoms with Crippen LogP contribution in [0.3, 0.4) is 0 Å². The Balaban J connectivity index is 2.71. The molecule has 0 spiro atoms. The van der Waals surface area contributed by atoms with E-state index in [0.717, 1.165) is 16.8 Å². The summed E-state index contributed by atoms with van der Waals surface area (Å²) in [5.41, 5.74) is 2.93. The number of aryl methyl sites for hydroxylation is 1. The van der Waals surface area contributed by atoms with E-state index in [4.69, 9.17) is 0 Å². The minimum atomic E-state index is -2.31. The maximum absolute atomic E-state index is 11.9. The van der Waals surface area contributed by atoms with Gasteiger partial charge in [0.15, 0.2) is 0 Å². The first-order chi connectivity index (χ1) is 6.11. The molecule has 13 heavy (non-hydrogen) atoms. The Morgan fingerprint density at radius 1 is 1.31 bits per heavy atom. The lowest BCUT2D eigenvalue weighted by Crippen LogP contribution is -2.11. The van der Waals surface area contributed by atoms with Gasteiger partial charge in [0, 0.05) is 5.69 Å². The molecule has 1 N–H and O–H groups in total. The van der Waals surface area contributed by atoms with Crippen LogP contribution in [0.5, 0.6) is 0 Å². The van der Waals surface area contributed by atoms with Crippen LogP contribution in [-0.2, 0) is 0 Å². The Morgan fingerprint density at radius 2 is 2.00 bits per heavy atom. The number of benzene rings is 1. The summed E-state index contributed by atoms with van der Waals surface area (Å²) in [7, 11) is 0. The highest BCUT2D eigenvalue weighted by Crippen LogP contribution is 2.17. The predicted octanol–water partition coefficient (Wildman–Crippen LogP) is 2.98. The van der Waals surface area contributed by atoms with Gasteiger partial charge in [-0.05, 0) is 31.0 Å². The molecule has 72 valence electrons. The van der Waals surface area contributed by atoms with E-state index in [9.17, 15) is 8.78 Å².